The second-order valence-electron chi connectivity index (χ2n) is 6.12. The van der Waals surface area contributed by atoms with Crippen molar-refractivity contribution >= 4 is 23.2 Å². The van der Waals surface area contributed by atoms with Crippen molar-refractivity contribution in [1.29, 1.82) is 0 Å². The zero-order valence-corrected chi connectivity index (χ0v) is 14.7. The highest BCUT2D eigenvalue weighted by atomic mass is 35.5. The normalized spacial score (nSPS) is 14.9. The minimum atomic E-state index is -0.0663. The molecule has 0 atom stereocenters. The molecule has 1 N–H and O–H groups in total. The molecule has 0 saturated carbocycles. The Balaban J connectivity index is 1.68. The minimum absolute atomic E-state index is 0.0663. The van der Waals surface area contributed by atoms with E-state index < -0.39 is 0 Å². The number of halogens is 1. The van der Waals surface area contributed by atoms with Gasteiger partial charge in [0.05, 0.1) is 0 Å². The van der Waals surface area contributed by atoms with Crippen LogP contribution in [0.3, 0.4) is 0 Å². The zero-order valence-electron chi connectivity index (χ0n) is 14.0. The Morgan fingerprint density at radius 1 is 1.17 bits per heavy atom. The molecule has 24 heavy (non-hydrogen) atoms. The van der Waals surface area contributed by atoms with Gasteiger partial charge in [-0.15, -0.1) is 0 Å². The average molecular weight is 347 g/mol. The van der Waals surface area contributed by atoms with Gasteiger partial charge >= 0.3 is 0 Å². The molecule has 1 aliphatic rings. The van der Waals surface area contributed by atoms with E-state index in [4.69, 9.17) is 11.6 Å². The van der Waals surface area contributed by atoms with Gasteiger partial charge in [-0.2, -0.15) is 0 Å². The second kappa shape index (κ2) is 7.71. The summed E-state index contributed by atoms with van der Waals surface area (Å²) in [5, 5.41) is 0.754. The van der Waals surface area contributed by atoms with E-state index >= 15 is 0 Å². The van der Waals surface area contributed by atoms with Gasteiger partial charge in [-0.3, -0.25) is 9.78 Å². The van der Waals surface area contributed by atoms with Crippen LogP contribution in [0.5, 0.6) is 0 Å². The van der Waals surface area contributed by atoms with Crippen LogP contribution in [0.15, 0.2) is 35.1 Å². The fraction of sp³-hybridized carbons (Fsp3) is 0.444. The number of rotatable bonds is 5. The molecular weight excluding hydrogens is 324 g/mol. The maximum atomic E-state index is 11.9. The molecular formula is C18H23ClN4O. The van der Waals surface area contributed by atoms with Crippen molar-refractivity contribution in [2.75, 3.05) is 36.0 Å². The molecule has 1 fully saturated rings. The Morgan fingerprint density at radius 2 is 1.92 bits per heavy atom. The summed E-state index contributed by atoms with van der Waals surface area (Å²) in [6.45, 7) is 5.55. The number of hydrogen-bond acceptors (Lipinski definition) is 4. The lowest BCUT2D eigenvalue weighted by molar-refractivity contribution is 0.636. The van der Waals surface area contributed by atoms with Gasteiger partial charge < -0.3 is 9.80 Å². The summed E-state index contributed by atoms with van der Waals surface area (Å²) < 4.78 is 0. The third kappa shape index (κ3) is 4.09. The standard InChI is InChI=1S/C18H23ClN4O/c1-2-3-6-15-13-17(24)21-18(20-15)23-10-8-22(9-11-23)16-7-4-5-14(19)12-16/h4-5,7,12-13H,2-3,6,8-11H2,1H3,(H,20,21,24). The lowest BCUT2D eigenvalue weighted by atomic mass is 10.2. The lowest BCUT2D eigenvalue weighted by Crippen LogP contribution is -2.47. The number of aromatic nitrogens is 2. The minimum Gasteiger partial charge on any atom is -0.368 e. The van der Waals surface area contributed by atoms with E-state index in [2.05, 4.69) is 32.8 Å². The maximum absolute atomic E-state index is 11.9. The van der Waals surface area contributed by atoms with Crippen LogP contribution in [0.1, 0.15) is 25.5 Å². The Bertz CT molecular complexity index is 738. The van der Waals surface area contributed by atoms with Gasteiger partial charge in [0, 0.05) is 48.6 Å². The molecule has 0 unspecified atom stereocenters. The maximum Gasteiger partial charge on any atom is 0.252 e. The van der Waals surface area contributed by atoms with Crippen molar-refractivity contribution in [1.82, 2.24) is 9.97 Å². The number of aryl methyl sites for hydroxylation is 1. The molecule has 3 rings (SSSR count). The van der Waals surface area contributed by atoms with Gasteiger partial charge in [-0.05, 0) is 31.0 Å². The van der Waals surface area contributed by atoms with E-state index in [1.54, 1.807) is 6.07 Å². The summed E-state index contributed by atoms with van der Waals surface area (Å²) in [5.74, 6) is 0.694. The molecule has 0 radical (unpaired) electrons. The van der Waals surface area contributed by atoms with Crippen molar-refractivity contribution in [2.24, 2.45) is 0 Å². The topological polar surface area (TPSA) is 52.2 Å². The van der Waals surface area contributed by atoms with Gasteiger partial charge in [0.25, 0.3) is 5.56 Å². The first-order chi connectivity index (χ1) is 11.7. The molecule has 0 bridgehead atoms. The summed E-state index contributed by atoms with van der Waals surface area (Å²) in [6.07, 6.45) is 3.01. The SMILES string of the molecule is CCCCc1cc(=O)[nH]c(N2CCN(c3cccc(Cl)c3)CC2)n1. The molecule has 1 aromatic carbocycles. The van der Waals surface area contributed by atoms with E-state index in [9.17, 15) is 4.79 Å². The van der Waals surface area contributed by atoms with Crippen LogP contribution in [-0.2, 0) is 6.42 Å². The third-order valence-corrected chi connectivity index (χ3v) is 4.56. The number of nitrogens with zero attached hydrogens (tertiary/aromatic N) is 3. The number of H-pyrrole nitrogens is 1. The first-order valence-electron chi connectivity index (χ1n) is 8.51. The summed E-state index contributed by atoms with van der Waals surface area (Å²) in [6, 6.07) is 9.54. The number of unbranched alkanes of at least 4 members (excludes halogenated alkanes) is 1. The molecule has 2 aromatic rings. The van der Waals surface area contributed by atoms with E-state index in [1.165, 1.54) is 0 Å². The average Bonchev–Trinajstić information content (AvgIpc) is 2.60. The number of aromatic amines is 1. The largest absolute Gasteiger partial charge is 0.368 e. The number of piperazine rings is 1. The zero-order chi connectivity index (χ0) is 16.9. The number of anilines is 2. The second-order valence-corrected chi connectivity index (χ2v) is 6.55. The summed E-state index contributed by atoms with van der Waals surface area (Å²) in [5.41, 5.74) is 1.96. The molecule has 5 nitrogen and oxygen atoms in total. The van der Waals surface area contributed by atoms with Gasteiger partial charge in [0.15, 0.2) is 0 Å². The number of benzene rings is 1. The van der Waals surface area contributed by atoms with E-state index in [1.807, 2.05) is 18.2 Å². The smallest absolute Gasteiger partial charge is 0.252 e. The molecule has 0 spiro atoms. The molecule has 6 heteroatoms. The van der Waals surface area contributed by atoms with Crippen LogP contribution < -0.4 is 15.4 Å². The Kier molecular flexibility index (Phi) is 5.41. The number of nitrogens with one attached hydrogen (secondary N) is 1. The molecule has 0 amide bonds. The van der Waals surface area contributed by atoms with Gasteiger partial charge in [-0.1, -0.05) is 31.0 Å². The highest BCUT2D eigenvalue weighted by Gasteiger charge is 2.19. The molecule has 2 heterocycles. The fourth-order valence-electron chi connectivity index (χ4n) is 2.98. The third-order valence-electron chi connectivity index (χ3n) is 4.32. The molecule has 1 saturated heterocycles. The van der Waals surface area contributed by atoms with Crippen LogP contribution in [0, 0.1) is 0 Å². The molecule has 1 aliphatic heterocycles. The highest BCUT2D eigenvalue weighted by Crippen LogP contribution is 2.21. The van der Waals surface area contributed by atoms with E-state index in [0.717, 1.165) is 61.8 Å². The quantitative estimate of drug-likeness (QED) is 0.903. The summed E-state index contributed by atoms with van der Waals surface area (Å²) in [7, 11) is 0. The van der Waals surface area contributed by atoms with E-state index in [0.29, 0.717) is 5.95 Å². The predicted molar refractivity (Wildman–Crippen MR) is 99.3 cm³/mol. The molecule has 1 aromatic heterocycles. The van der Waals surface area contributed by atoms with Crippen LogP contribution in [-0.4, -0.2) is 36.1 Å². The van der Waals surface area contributed by atoms with Gasteiger partial charge in [0.2, 0.25) is 5.95 Å². The summed E-state index contributed by atoms with van der Waals surface area (Å²) >= 11 is 6.08. The van der Waals surface area contributed by atoms with Crippen LogP contribution in [0.25, 0.3) is 0 Å². The van der Waals surface area contributed by atoms with E-state index in [-0.39, 0.29) is 5.56 Å². The van der Waals surface area contributed by atoms with Crippen LogP contribution in [0.2, 0.25) is 5.02 Å². The van der Waals surface area contributed by atoms with Crippen molar-refractivity contribution in [2.45, 2.75) is 26.2 Å². The Labute approximate surface area is 147 Å². The first kappa shape index (κ1) is 16.8. The molecule has 128 valence electrons. The monoisotopic (exact) mass is 346 g/mol. The van der Waals surface area contributed by atoms with Gasteiger partial charge in [0.1, 0.15) is 0 Å². The Hall–Kier alpha value is -2.01. The number of hydrogen-bond donors (Lipinski definition) is 1. The lowest BCUT2D eigenvalue weighted by Gasteiger charge is -2.36. The van der Waals surface area contributed by atoms with Crippen molar-refractivity contribution in [3.63, 3.8) is 0 Å². The van der Waals surface area contributed by atoms with Crippen molar-refractivity contribution in [3.05, 3.63) is 51.4 Å². The Morgan fingerprint density at radius 3 is 2.62 bits per heavy atom. The van der Waals surface area contributed by atoms with Gasteiger partial charge in [-0.25, -0.2) is 4.98 Å². The highest BCUT2D eigenvalue weighted by molar-refractivity contribution is 6.30. The fourth-order valence-corrected chi connectivity index (χ4v) is 3.16. The van der Waals surface area contributed by atoms with Crippen molar-refractivity contribution < 1.29 is 0 Å². The van der Waals surface area contributed by atoms with Crippen LogP contribution >= 0.6 is 11.6 Å². The predicted octanol–water partition coefficient (Wildman–Crippen LogP) is 3.09. The first-order valence-corrected chi connectivity index (χ1v) is 8.89. The summed E-state index contributed by atoms with van der Waals surface area (Å²) in [4.78, 5) is 23.9. The van der Waals surface area contributed by atoms with Crippen molar-refractivity contribution in [3.8, 4) is 0 Å². The molecule has 0 aliphatic carbocycles. The van der Waals surface area contributed by atoms with Crippen LogP contribution in [0.4, 0.5) is 11.6 Å².